The summed E-state index contributed by atoms with van der Waals surface area (Å²) in [6, 6.07) is 2.16. The van der Waals surface area contributed by atoms with Gasteiger partial charge >= 0.3 is 0 Å². The molecule has 6 nitrogen and oxygen atoms in total. The summed E-state index contributed by atoms with van der Waals surface area (Å²) >= 11 is 5.37. The van der Waals surface area contributed by atoms with Gasteiger partial charge in [-0.3, -0.25) is 0 Å². The van der Waals surface area contributed by atoms with Crippen molar-refractivity contribution >= 4 is 34.9 Å². The number of hydrogen-bond acceptors (Lipinski definition) is 5. The molecule has 138 valence electrons. The van der Waals surface area contributed by atoms with E-state index in [2.05, 4.69) is 33.4 Å². The standard InChI is InChI=1S/C18H30N6S/c1-2-9-19-18(25)22-17-20-15(23-10-5-3-4-6-11-23)14-16(21-17)24-12-7-8-13-24/h14H,2-13H2,1H3,(H2,19,20,21,22,25). The fraction of sp³-hybridized carbons (Fsp3) is 0.722. The largest absolute Gasteiger partial charge is 0.362 e. The van der Waals surface area contributed by atoms with Gasteiger partial charge < -0.3 is 20.4 Å². The maximum absolute atomic E-state index is 5.37. The summed E-state index contributed by atoms with van der Waals surface area (Å²) in [5, 5.41) is 6.97. The van der Waals surface area contributed by atoms with Crippen molar-refractivity contribution in [3.63, 3.8) is 0 Å². The maximum atomic E-state index is 5.37. The van der Waals surface area contributed by atoms with Crippen LogP contribution in [-0.4, -0.2) is 47.8 Å². The van der Waals surface area contributed by atoms with Crippen LogP contribution in [0.4, 0.5) is 17.6 Å². The van der Waals surface area contributed by atoms with Crippen LogP contribution in [0.15, 0.2) is 6.07 Å². The molecule has 0 unspecified atom stereocenters. The first-order chi connectivity index (χ1) is 12.3. The second-order valence-electron chi connectivity index (χ2n) is 6.88. The summed E-state index contributed by atoms with van der Waals surface area (Å²) in [6.45, 7) is 7.29. The molecule has 3 heterocycles. The molecule has 0 atom stereocenters. The van der Waals surface area contributed by atoms with Crippen molar-refractivity contribution in [2.24, 2.45) is 0 Å². The Morgan fingerprint density at radius 2 is 1.48 bits per heavy atom. The van der Waals surface area contributed by atoms with Crippen LogP contribution in [0, 0.1) is 0 Å². The van der Waals surface area contributed by atoms with Gasteiger partial charge in [0.2, 0.25) is 5.95 Å². The molecule has 0 aliphatic carbocycles. The van der Waals surface area contributed by atoms with Gasteiger partial charge in [-0.2, -0.15) is 9.97 Å². The highest BCUT2D eigenvalue weighted by molar-refractivity contribution is 7.80. The van der Waals surface area contributed by atoms with Gasteiger partial charge in [0.15, 0.2) is 5.11 Å². The smallest absolute Gasteiger partial charge is 0.232 e. The van der Waals surface area contributed by atoms with E-state index in [1.165, 1.54) is 38.5 Å². The van der Waals surface area contributed by atoms with Crippen molar-refractivity contribution in [1.29, 1.82) is 0 Å². The Morgan fingerprint density at radius 1 is 0.960 bits per heavy atom. The number of hydrogen-bond donors (Lipinski definition) is 2. The molecule has 1 aromatic heterocycles. The third-order valence-electron chi connectivity index (χ3n) is 4.82. The predicted octanol–water partition coefficient (Wildman–Crippen LogP) is 3.15. The van der Waals surface area contributed by atoms with Gasteiger partial charge in [0.1, 0.15) is 11.6 Å². The minimum absolute atomic E-state index is 0.599. The van der Waals surface area contributed by atoms with Gasteiger partial charge in [-0.15, -0.1) is 0 Å². The first-order valence-electron chi connectivity index (χ1n) is 9.70. The average molecular weight is 363 g/mol. The van der Waals surface area contributed by atoms with E-state index in [1.54, 1.807) is 0 Å². The molecule has 0 spiro atoms. The maximum Gasteiger partial charge on any atom is 0.232 e. The zero-order valence-electron chi connectivity index (χ0n) is 15.3. The third kappa shape index (κ3) is 5.17. The molecule has 0 amide bonds. The van der Waals surface area contributed by atoms with E-state index >= 15 is 0 Å². The molecule has 0 aromatic carbocycles. The molecule has 3 rings (SSSR count). The van der Waals surface area contributed by atoms with Crippen molar-refractivity contribution < 1.29 is 0 Å². The summed E-state index contributed by atoms with van der Waals surface area (Å²) in [7, 11) is 0. The lowest BCUT2D eigenvalue weighted by Gasteiger charge is -2.25. The van der Waals surface area contributed by atoms with Gasteiger partial charge in [-0.05, 0) is 44.3 Å². The summed E-state index contributed by atoms with van der Waals surface area (Å²) in [5.74, 6) is 2.66. The van der Waals surface area contributed by atoms with Crippen molar-refractivity contribution in [2.75, 3.05) is 47.8 Å². The van der Waals surface area contributed by atoms with Crippen LogP contribution < -0.4 is 20.4 Å². The Hall–Kier alpha value is -1.63. The van der Waals surface area contributed by atoms with E-state index in [4.69, 9.17) is 22.2 Å². The Balaban J connectivity index is 1.81. The van der Waals surface area contributed by atoms with E-state index < -0.39 is 0 Å². The Morgan fingerprint density at radius 3 is 2.00 bits per heavy atom. The highest BCUT2D eigenvalue weighted by Gasteiger charge is 2.19. The summed E-state index contributed by atoms with van der Waals surface area (Å²) in [5.41, 5.74) is 0. The number of nitrogens with one attached hydrogen (secondary N) is 2. The van der Waals surface area contributed by atoms with Gasteiger partial charge in [0, 0.05) is 38.8 Å². The molecule has 25 heavy (non-hydrogen) atoms. The molecule has 2 N–H and O–H groups in total. The minimum atomic E-state index is 0.599. The van der Waals surface area contributed by atoms with Crippen LogP contribution in [0.25, 0.3) is 0 Å². The number of thiocarbonyl (C=S) groups is 1. The zero-order valence-corrected chi connectivity index (χ0v) is 16.1. The quantitative estimate of drug-likeness (QED) is 0.780. The van der Waals surface area contributed by atoms with Crippen molar-refractivity contribution in [1.82, 2.24) is 15.3 Å². The molecule has 1 aromatic rings. The molecule has 2 saturated heterocycles. The fourth-order valence-electron chi connectivity index (χ4n) is 3.43. The van der Waals surface area contributed by atoms with Crippen molar-refractivity contribution in [2.45, 2.75) is 51.9 Å². The Labute approximate surface area is 156 Å². The van der Waals surface area contributed by atoms with E-state index in [0.717, 1.165) is 50.8 Å². The SMILES string of the molecule is CCCNC(=S)Nc1nc(N2CCCCCC2)cc(N2CCCC2)n1. The van der Waals surface area contributed by atoms with E-state index in [-0.39, 0.29) is 0 Å². The van der Waals surface area contributed by atoms with Gasteiger partial charge in [0.05, 0.1) is 0 Å². The molecule has 7 heteroatoms. The summed E-state index contributed by atoms with van der Waals surface area (Å²) in [6.07, 6.45) is 8.62. The number of aromatic nitrogens is 2. The first-order valence-corrected chi connectivity index (χ1v) is 10.1. The normalized spacial score (nSPS) is 18.1. The van der Waals surface area contributed by atoms with Crippen molar-refractivity contribution in [3.8, 4) is 0 Å². The van der Waals surface area contributed by atoms with Gasteiger partial charge in [-0.1, -0.05) is 19.8 Å². The second-order valence-corrected chi connectivity index (χ2v) is 7.29. The number of rotatable bonds is 5. The van der Waals surface area contributed by atoms with Crippen LogP contribution >= 0.6 is 12.2 Å². The predicted molar refractivity (Wildman–Crippen MR) is 109 cm³/mol. The van der Waals surface area contributed by atoms with E-state index in [0.29, 0.717) is 11.1 Å². The lowest BCUT2D eigenvalue weighted by molar-refractivity contribution is 0.726. The molecule has 2 aliphatic heterocycles. The fourth-order valence-corrected chi connectivity index (χ4v) is 3.63. The van der Waals surface area contributed by atoms with Crippen LogP contribution in [0.1, 0.15) is 51.9 Å². The molecule has 2 aliphatic rings. The van der Waals surface area contributed by atoms with Gasteiger partial charge in [-0.25, -0.2) is 0 Å². The highest BCUT2D eigenvalue weighted by Crippen LogP contribution is 2.26. The Bertz CT molecular complexity index is 565. The van der Waals surface area contributed by atoms with Crippen LogP contribution in [-0.2, 0) is 0 Å². The number of nitrogens with zero attached hydrogens (tertiary/aromatic N) is 4. The average Bonchev–Trinajstić information content (AvgIpc) is 3.02. The van der Waals surface area contributed by atoms with E-state index in [1.807, 2.05) is 0 Å². The molecular formula is C18H30N6S. The molecule has 2 fully saturated rings. The van der Waals surface area contributed by atoms with Gasteiger partial charge in [0.25, 0.3) is 0 Å². The number of anilines is 3. The molecule has 0 bridgehead atoms. The third-order valence-corrected chi connectivity index (χ3v) is 5.07. The zero-order chi connectivity index (χ0) is 17.5. The summed E-state index contributed by atoms with van der Waals surface area (Å²) < 4.78 is 0. The van der Waals surface area contributed by atoms with Crippen LogP contribution in [0.3, 0.4) is 0 Å². The Kier molecular flexibility index (Phi) is 6.67. The molecule has 0 saturated carbocycles. The monoisotopic (exact) mass is 362 g/mol. The lowest BCUT2D eigenvalue weighted by Crippen LogP contribution is -2.31. The lowest BCUT2D eigenvalue weighted by atomic mass is 10.2. The topological polar surface area (TPSA) is 56.3 Å². The summed E-state index contributed by atoms with van der Waals surface area (Å²) in [4.78, 5) is 14.3. The van der Waals surface area contributed by atoms with Crippen molar-refractivity contribution in [3.05, 3.63) is 6.07 Å². The highest BCUT2D eigenvalue weighted by atomic mass is 32.1. The van der Waals surface area contributed by atoms with Crippen LogP contribution in [0.2, 0.25) is 0 Å². The first kappa shape index (κ1) is 18.2. The molecular weight excluding hydrogens is 332 g/mol. The minimum Gasteiger partial charge on any atom is -0.362 e. The van der Waals surface area contributed by atoms with Crippen LogP contribution in [0.5, 0.6) is 0 Å². The second kappa shape index (κ2) is 9.17. The van der Waals surface area contributed by atoms with E-state index in [9.17, 15) is 0 Å². The molecule has 0 radical (unpaired) electrons.